The highest BCUT2D eigenvalue weighted by molar-refractivity contribution is 6.05. The molecule has 0 saturated carbocycles. The summed E-state index contributed by atoms with van der Waals surface area (Å²) < 4.78 is 12.6. The highest BCUT2D eigenvalue weighted by atomic mass is 16.5. The number of hydrogen-bond acceptors (Lipinski definition) is 7. The van der Waals surface area contributed by atoms with Gasteiger partial charge in [-0.15, -0.1) is 0 Å². The van der Waals surface area contributed by atoms with Crippen LogP contribution in [0.4, 0.5) is 5.69 Å². The summed E-state index contributed by atoms with van der Waals surface area (Å²) in [6.07, 6.45) is 1.82. The van der Waals surface area contributed by atoms with Gasteiger partial charge >= 0.3 is 0 Å². The largest absolute Gasteiger partial charge is 0.481 e. The number of methoxy groups -OCH3 is 2. The van der Waals surface area contributed by atoms with Crippen molar-refractivity contribution in [2.75, 3.05) is 45.3 Å². The van der Waals surface area contributed by atoms with Crippen LogP contribution in [0.15, 0.2) is 71.7 Å². The lowest BCUT2D eigenvalue weighted by Crippen LogP contribution is -2.43. The predicted octanol–water partition coefficient (Wildman–Crippen LogP) is 4.34. The third-order valence-electron chi connectivity index (χ3n) is 7.16. The molecule has 1 fully saturated rings. The highest BCUT2D eigenvalue weighted by Crippen LogP contribution is 2.34. The van der Waals surface area contributed by atoms with E-state index in [2.05, 4.69) is 45.3 Å². The number of anilines is 1. The molecule has 0 aliphatic carbocycles. The first-order valence-electron chi connectivity index (χ1n) is 12.7. The van der Waals surface area contributed by atoms with Gasteiger partial charge in [-0.3, -0.25) is 14.3 Å². The molecule has 5 aromatic rings. The second-order valence-corrected chi connectivity index (χ2v) is 9.42. The molecule has 8 heteroatoms. The molecule has 192 valence electrons. The molecule has 6 rings (SSSR count). The SMILES string of the molecule is COc1ccc(-c2ccc3ncc4ccc(=O)n(-c5ccc(N6CCNCC6)c(C)c5)c4c3c2)c(OC)n1. The van der Waals surface area contributed by atoms with Crippen LogP contribution in [0.3, 0.4) is 0 Å². The third kappa shape index (κ3) is 4.13. The molecule has 38 heavy (non-hydrogen) atoms. The molecule has 0 radical (unpaired) electrons. The number of fused-ring (bicyclic) bond motifs is 3. The second kappa shape index (κ2) is 9.79. The van der Waals surface area contributed by atoms with Gasteiger partial charge in [0.1, 0.15) is 0 Å². The van der Waals surface area contributed by atoms with E-state index in [9.17, 15) is 4.79 Å². The summed E-state index contributed by atoms with van der Waals surface area (Å²) in [6.45, 7) is 5.99. The van der Waals surface area contributed by atoms with E-state index in [1.54, 1.807) is 24.9 Å². The number of rotatable bonds is 5. The van der Waals surface area contributed by atoms with Crippen molar-refractivity contribution in [3.05, 3.63) is 82.8 Å². The van der Waals surface area contributed by atoms with Crippen LogP contribution in [0.5, 0.6) is 11.8 Å². The molecular weight excluding hydrogens is 478 g/mol. The number of aromatic nitrogens is 3. The molecule has 0 unspecified atom stereocenters. The maximum absolute atomic E-state index is 13.4. The van der Waals surface area contributed by atoms with Crippen molar-refractivity contribution in [2.24, 2.45) is 0 Å². The van der Waals surface area contributed by atoms with Crippen LogP contribution < -0.4 is 25.2 Å². The van der Waals surface area contributed by atoms with Gasteiger partial charge in [0.2, 0.25) is 11.8 Å². The van der Waals surface area contributed by atoms with E-state index in [1.165, 1.54) is 5.69 Å². The zero-order chi connectivity index (χ0) is 26.2. The topological polar surface area (TPSA) is 81.5 Å². The van der Waals surface area contributed by atoms with Gasteiger partial charge in [-0.05, 0) is 60.5 Å². The predicted molar refractivity (Wildman–Crippen MR) is 151 cm³/mol. The normalized spacial score (nSPS) is 13.7. The lowest BCUT2D eigenvalue weighted by molar-refractivity contribution is 0.366. The van der Waals surface area contributed by atoms with E-state index in [1.807, 2.05) is 42.6 Å². The highest BCUT2D eigenvalue weighted by Gasteiger charge is 2.17. The van der Waals surface area contributed by atoms with Crippen molar-refractivity contribution in [3.8, 4) is 28.6 Å². The standard InChI is InChI=1S/C30H29N5O3/c1-19-16-22(6-9-26(19)34-14-12-31-13-15-34)35-28(36)11-5-21-18-32-25-8-4-20(17-24(25)29(21)35)23-7-10-27(37-2)33-30(23)38-3/h4-11,16-18,31H,12-15H2,1-3H3. The van der Waals surface area contributed by atoms with Gasteiger partial charge in [-0.1, -0.05) is 6.07 Å². The lowest BCUT2D eigenvalue weighted by Gasteiger charge is -2.31. The first-order valence-corrected chi connectivity index (χ1v) is 12.7. The van der Waals surface area contributed by atoms with Crippen molar-refractivity contribution in [1.82, 2.24) is 19.9 Å². The average Bonchev–Trinajstić information content (AvgIpc) is 2.96. The minimum atomic E-state index is -0.0894. The molecule has 0 atom stereocenters. The second-order valence-electron chi connectivity index (χ2n) is 9.42. The summed E-state index contributed by atoms with van der Waals surface area (Å²) in [5, 5.41) is 5.17. The minimum absolute atomic E-state index is 0.0894. The van der Waals surface area contributed by atoms with E-state index in [0.717, 1.165) is 70.4 Å². The Labute approximate surface area is 220 Å². The Kier molecular flexibility index (Phi) is 6.17. The summed E-state index contributed by atoms with van der Waals surface area (Å²) in [5.41, 5.74) is 6.44. The molecule has 1 saturated heterocycles. The Balaban J connectivity index is 1.55. The summed E-state index contributed by atoms with van der Waals surface area (Å²) in [5.74, 6) is 0.945. The van der Waals surface area contributed by atoms with E-state index >= 15 is 0 Å². The van der Waals surface area contributed by atoms with Gasteiger partial charge in [-0.2, -0.15) is 4.98 Å². The first-order chi connectivity index (χ1) is 18.6. The van der Waals surface area contributed by atoms with Gasteiger partial charge in [0, 0.05) is 72.2 Å². The fourth-order valence-corrected chi connectivity index (χ4v) is 5.29. The molecule has 3 aromatic heterocycles. The van der Waals surface area contributed by atoms with Crippen molar-refractivity contribution < 1.29 is 9.47 Å². The first kappa shape index (κ1) is 23.9. The van der Waals surface area contributed by atoms with Gasteiger partial charge in [-0.25, -0.2) is 0 Å². The van der Waals surface area contributed by atoms with Crippen LogP contribution in [0.1, 0.15) is 5.56 Å². The molecule has 1 aliphatic rings. The van der Waals surface area contributed by atoms with Crippen LogP contribution in [0.25, 0.3) is 38.6 Å². The van der Waals surface area contributed by atoms with E-state index in [-0.39, 0.29) is 5.56 Å². The molecule has 0 amide bonds. The van der Waals surface area contributed by atoms with Crippen molar-refractivity contribution in [1.29, 1.82) is 0 Å². The summed E-state index contributed by atoms with van der Waals surface area (Å²) >= 11 is 0. The maximum atomic E-state index is 13.4. The zero-order valence-electron chi connectivity index (χ0n) is 21.7. The van der Waals surface area contributed by atoms with Crippen molar-refractivity contribution in [3.63, 3.8) is 0 Å². The number of nitrogens with one attached hydrogen (secondary N) is 1. The molecule has 1 aliphatic heterocycles. The van der Waals surface area contributed by atoms with Crippen LogP contribution in [-0.2, 0) is 0 Å². The Morgan fingerprint density at radius 2 is 1.76 bits per heavy atom. The number of ether oxygens (including phenoxy) is 2. The van der Waals surface area contributed by atoms with Crippen molar-refractivity contribution >= 4 is 27.5 Å². The smallest absolute Gasteiger partial charge is 0.255 e. The number of nitrogens with zero attached hydrogens (tertiary/aromatic N) is 4. The number of piperazine rings is 1. The zero-order valence-corrected chi connectivity index (χ0v) is 21.7. The number of aryl methyl sites for hydroxylation is 1. The quantitative estimate of drug-likeness (QED) is 0.355. The molecule has 0 spiro atoms. The summed E-state index contributed by atoms with van der Waals surface area (Å²) in [6, 6.07) is 19.5. The van der Waals surface area contributed by atoms with Gasteiger partial charge in [0.25, 0.3) is 5.56 Å². The Morgan fingerprint density at radius 3 is 2.53 bits per heavy atom. The van der Waals surface area contributed by atoms with Crippen LogP contribution in [-0.4, -0.2) is 54.9 Å². The number of benzene rings is 2. The van der Waals surface area contributed by atoms with Gasteiger partial charge in [0.15, 0.2) is 0 Å². The average molecular weight is 508 g/mol. The lowest BCUT2D eigenvalue weighted by atomic mass is 10.0. The third-order valence-corrected chi connectivity index (χ3v) is 7.16. The fraction of sp³-hybridized carbons (Fsp3) is 0.233. The summed E-state index contributed by atoms with van der Waals surface area (Å²) in [4.78, 5) is 24.9. The van der Waals surface area contributed by atoms with Crippen LogP contribution in [0, 0.1) is 6.92 Å². The van der Waals surface area contributed by atoms with Gasteiger partial charge < -0.3 is 19.7 Å². The maximum Gasteiger partial charge on any atom is 0.255 e. The molecular formula is C30H29N5O3. The minimum Gasteiger partial charge on any atom is -0.481 e. The molecule has 1 N–H and O–H groups in total. The molecule has 2 aromatic carbocycles. The van der Waals surface area contributed by atoms with Gasteiger partial charge in [0.05, 0.1) is 25.3 Å². The monoisotopic (exact) mass is 507 g/mol. The van der Waals surface area contributed by atoms with Crippen LogP contribution in [0.2, 0.25) is 0 Å². The fourth-order valence-electron chi connectivity index (χ4n) is 5.29. The molecule has 0 bridgehead atoms. The Morgan fingerprint density at radius 1 is 0.921 bits per heavy atom. The number of pyridine rings is 3. The van der Waals surface area contributed by atoms with E-state index < -0.39 is 0 Å². The molecule has 8 nitrogen and oxygen atoms in total. The Bertz CT molecular complexity index is 1720. The van der Waals surface area contributed by atoms with E-state index in [0.29, 0.717) is 11.8 Å². The van der Waals surface area contributed by atoms with Crippen LogP contribution >= 0.6 is 0 Å². The Hall–Kier alpha value is -4.43. The molecule has 4 heterocycles. The number of hydrogen-bond donors (Lipinski definition) is 1. The van der Waals surface area contributed by atoms with Crippen molar-refractivity contribution in [2.45, 2.75) is 6.92 Å². The van der Waals surface area contributed by atoms with E-state index in [4.69, 9.17) is 9.47 Å². The summed E-state index contributed by atoms with van der Waals surface area (Å²) in [7, 11) is 3.17.